The molecule has 0 saturated carbocycles. The first kappa shape index (κ1) is 13.7. The van der Waals surface area contributed by atoms with Gasteiger partial charge in [-0.15, -0.1) is 0 Å². The lowest BCUT2D eigenvalue weighted by Crippen LogP contribution is -2.00. The third kappa shape index (κ3) is 2.67. The van der Waals surface area contributed by atoms with Crippen molar-refractivity contribution in [1.82, 2.24) is 0 Å². The molecule has 0 atom stereocenters. The van der Waals surface area contributed by atoms with Gasteiger partial charge in [-0.05, 0) is 29.3 Å². The van der Waals surface area contributed by atoms with Crippen molar-refractivity contribution in [2.45, 2.75) is 6.54 Å². The molecule has 0 saturated heterocycles. The van der Waals surface area contributed by atoms with Crippen molar-refractivity contribution in [2.24, 2.45) is 5.73 Å². The second-order valence-electron chi connectivity index (χ2n) is 4.05. The summed E-state index contributed by atoms with van der Waals surface area (Å²) < 4.78 is 10.8. The minimum atomic E-state index is 0.437. The lowest BCUT2D eigenvalue weighted by Gasteiger charge is -2.15. The fourth-order valence-corrected chi connectivity index (χ4v) is 2.25. The molecule has 0 radical (unpaired) electrons. The molecule has 0 spiro atoms. The molecule has 4 heteroatoms. The van der Waals surface area contributed by atoms with Crippen molar-refractivity contribution < 1.29 is 9.47 Å². The van der Waals surface area contributed by atoms with E-state index in [4.69, 9.17) is 26.8 Å². The molecule has 0 amide bonds. The molecule has 2 N–H and O–H groups in total. The number of rotatable bonds is 4. The first-order valence-electron chi connectivity index (χ1n) is 5.91. The van der Waals surface area contributed by atoms with E-state index in [-0.39, 0.29) is 0 Å². The van der Waals surface area contributed by atoms with Crippen LogP contribution in [0, 0.1) is 0 Å². The second-order valence-corrected chi connectivity index (χ2v) is 4.48. The molecule has 0 heterocycles. The number of ether oxygens (including phenoxy) is 2. The van der Waals surface area contributed by atoms with Crippen molar-refractivity contribution in [3.05, 3.63) is 47.0 Å². The van der Waals surface area contributed by atoms with Gasteiger partial charge in [0, 0.05) is 17.1 Å². The maximum Gasteiger partial charge on any atom is 0.168 e. The highest BCUT2D eigenvalue weighted by Crippen LogP contribution is 2.39. The lowest BCUT2D eigenvalue weighted by molar-refractivity contribution is 0.356. The van der Waals surface area contributed by atoms with E-state index in [1.54, 1.807) is 14.2 Å². The third-order valence-electron chi connectivity index (χ3n) is 2.98. The number of hydrogen-bond acceptors (Lipinski definition) is 3. The minimum absolute atomic E-state index is 0.437. The Morgan fingerprint density at radius 3 is 2.47 bits per heavy atom. The van der Waals surface area contributed by atoms with E-state index < -0.39 is 0 Å². The molecule has 2 aromatic rings. The van der Waals surface area contributed by atoms with Crippen LogP contribution in [0.3, 0.4) is 0 Å². The van der Waals surface area contributed by atoms with E-state index in [0.29, 0.717) is 23.1 Å². The zero-order valence-corrected chi connectivity index (χ0v) is 11.7. The summed E-state index contributed by atoms with van der Waals surface area (Å²) in [5, 5.41) is 0.664. The van der Waals surface area contributed by atoms with Crippen molar-refractivity contribution in [2.75, 3.05) is 14.2 Å². The molecule has 0 bridgehead atoms. The molecule has 2 aromatic carbocycles. The van der Waals surface area contributed by atoms with Crippen molar-refractivity contribution in [3.8, 4) is 22.6 Å². The van der Waals surface area contributed by atoms with Crippen LogP contribution in [0.15, 0.2) is 36.4 Å². The minimum Gasteiger partial charge on any atom is -0.493 e. The summed E-state index contributed by atoms with van der Waals surface area (Å²) in [7, 11) is 3.23. The predicted molar refractivity (Wildman–Crippen MR) is 77.9 cm³/mol. The molecule has 3 nitrogen and oxygen atoms in total. The summed E-state index contributed by atoms with van der Waals surface area (Å²) in [5.74, 6) is 1.37. The van der Waals surface area contributed by atoms with Crippen LogP contribution in [-0.2, 0) is 6.54 Å². The highest BCUT2D eigenvalue weighted by Gasteiger charge is 2.14. The van der Waals surface area contributed by atoms with E-state index in [1.807, 2.05) is 36.4 Å². The highest BCUT2D eigenvalue weighted by atomic mass is 35.5. The first-order valence-corrected chi connectivity index (χ1v) is 6.29. The van der Waals surface area contributed by atoms with Crippen molar-refractivity contribution in [1.29, 1.82) is 0 Å². The number of para-hydroxylation sites is 1. The van der Waals surface area contributed by atoms with Crippen LogP contribution >= 0.6 is 11.6 Å². The second kappa shape index (κ2) is 5.95. The Hall–Kier alpha value is -1.71. The van der Waals surface area contributed by atoms with Gasteiger partial charge in [-0.1, -0.05) is 29.8 Å². The number of halogens is 1. The normalized spacial score (nSPS) is 10.3. The largest absolute Gasteiger partial charge is 0.493 e. The van der Waals surface area contributed by atoms with Gasteiger partial charge in [0.25, 0.3) is 0 Å². The number of hydrogen-bond donors (Lipinski definition) is 1. The summed E-state index contributed by atoms with van der Waals surface area (Å²) in [6.07, 6.45) is 0. The molecular weight excluding hydrogens is 262 g/mol. The van der Waals surface area contributed by atoms with Crippen LogP contribution in [0.2, 0.25) is 5.02 Å². The Balaban J connectivity index is 2.67. The Bertz CT molecular complexity index is 584. The monoisotopic (exact) mass is 277 g/mol. The molecule has 0 aliphatic carbocycles. The summed E-state index contributed by atoms with van der Waals surface area (Å²) in [4.78, 5) is 0. The summed E-state index contributed by atoms with van der Waals surface area (Å²) in [6, 6.07) is 11.4. The fourth-order valence-electron chi connectivity index (χ4n) is 2.08. The lowest BCUT2D eigenvalue weighted by atomic mass is 9.98. The van der Waals surface area contributed by atoms with Crippen LogP contribution in [0.5, 0.6) is 11.5 Å². The maximum atomic E-state index is 6.08. The summed E-state index contributed by atoms with van der Waals surface area (Å²) in [5.41, 5.74) is 8.68. The van der Waals surface area contributed by atoms with E-state index in [0.717, 1.165) is 16.7 Å². The van der Waals surface area contributed by atoms with Gasteiger partial charge in [0.15, 0.2) is 11.5 Å². The van der Waals surface area contributed by atoms with Gasteiger partial charge in [0.2, 0.25) is 0 Å². The zero-order valence-electron chi connectivity index (χ0n) is 10.9. The summed E-state index contributed by atoms with van der Waals surface area (Å²) >= 11 is 6.08. The SMILES string of the molecule is COc1cccc(-c2cc(Cl)ccc2CN)c1OC. The standard InChI is InChI=1S/C15H16ClNO2/c1-18-14-5-3-4-12(15(14)19-2)13-8-11(16)7-6-10(13)9-17/h3-8H,9,17H2,1-2H3. The third-order valence-corrected chi connectivity index (χ3v) is 3.22. The molecule has 0 aromatic heterocycles. The van der Waals surface area contributed by atoms with Crippen LogP contribution in [0.4, 0.5) is 0 Å². The molecule has 0 aliphatic heterocycles. The topological polar surface area (TPSA) is 44.5 Å². The molecule has 19 heavy (non-hydrogen) atoms. The van der Waals surface area contributed by atoms with Gasteiger partial charge < -0.3 is 15.2 Å². The molecule has 0 aliphatic rings. The Morgan fingerprint density at radius 2 is 1.84 bits per heavy atom. The molecular formula is C15H16ClNO2. The number of benzene rings is 2. The number of methoxy groups -OCH3 is 2. The van der Waals surface area contributed by atoms with Crippen LogP contribution in [0.25, 0.3) is 11.1 Å². The average Bonchev–Trinajstić information content (AvgIpc) is 2.46. The van der Waals surface area contributed by atoms with Crippen LogP contribution < -0.4 is 15.2 Å². The Kier molecular flexibility index (Phi) is 4.30. The maximum absolute atomic E-state index is 6.08. The molecule has 0 fully saturated rings. The zero-order chi connectivity index (χ0) is 13.8. The fraction of sp³-hybridized carbons (Fsp3) is 0.200. The van der Waals surface area contributed by atoms with E-state index in [9.17, 15) is 0 Å². The van der Waals surface area contributed by atoms with Crippen LogP contribution in [0.1, 0.15) is 5.56 Å². The van der Waals surface area contributed by atoms with Crippen LogP contribution in [-0.4, -0.2) is 14.2 Å². The molecule has 0 unspecified atom stereocenters. The van der Waals surface area contributed by atoms with Gasteiger partial charge >= 0.3 is 0 Å². The van der Waals surface area contributed by atoms with E-state index >= 15 is 0 Å². The Labute approximate surface area is 117 Å². The first-order chi connectivity index (χ1) is 9.21. The summed E-state index contributed by atoms with van der Waals surface area (Å²) in [6.45, 7) is 0.437. The molecule has 100 valence electrons. The Morgan fingerprint density at radius 1 is 1.05 bits per heavy atom. The van der Waals surface area contributed by atoms with E-state index in [1.165, 1.54) is 0 Å². The van der Waals surface area contributed by atoms with Crippen molar-refractivity contribution in [3.63, 3.8) is 0 Å². The van der Waals surface area contributed by atoms with Gasteiger partial charge in [-0.2, -0.15) is 0 Å². The van der Waals surface area contributed by atoms with Gasteiger partial charge in [-0.3, -0.25) is 0 Å². The van der Waals surface area contributed by atoms with Gasteiger partial charge in [0.1, 0.15) is 0 Å². The predicted octanol–water partition coefficient (Wildman–Crippen LogP) is 3.48. The highest BCUT2D eigenvalue weighted by molar-refractivity contribution is 6.30. The molecule has 2 rings (SSSR count). The van der Waals surface area contributed by atoms with E-state index in [2.05, 4.69) is 0 Å². The van der Waals surface area contributed by atoms with Crippen molar-refractivity contribution >= 4 is 11.6 Å². The number of nitrogens with two attached hydrogens (primary N) is 1. The average molecular weight is 278 g/mol. The quantitative estimate of drug-likeness (QED) is 0.930. The van der Waals surface area contributed by atoms with Gasteiger partial charge in [0.05, 0.1) is 14.2 Å². The van der Waals surface area contributed by atoms with Gasteiger partial charge in [-0.25, -0.2) is 0 Å². The smallest absolute Gasteiger partial charge is 0.168 e.